The van der Waals surface area contributed by atoms with E-state index >= 15 is 0 Å². The third-order valence-electron chi connectivity index (χ3n) is 5.91. The SMILES string of the molecule is Cc1cc(Cl)cc2sc(N(Cc3ccco3)C(=O)C3CCCN(S(=O)(=O)c4ccc(Cl)s4)C3)nc12. The molecule has 5 rings (SSSR count). The van der Waals surface area contributed by atoms with Crippen molar-refractivity contribution in [3.63, 3.8) is 0 Å². The molecule has 3 aromatic heterocycles. The lowest BCUT2D eigenvalue weighted by atomic mass is 9.98. The number of thiophene rings is 1. The van der Waals surface area contributed by atoms with Crippen LogP contribution in [0.2, 0.25) is 9.36 Å². The molecule has 0 radical (unpaired) electrons. The number of carbonyl (C=O) groups is 1. The quantitative estimate of drug-likeness (QED) is 0.276. The first-order chi connectivity index (χ1) is 16.7. The Balaban J connectivity index is 1.46. The number of piperidine rings is 1. The van der Waals surface area contributed by atoms with Gasteiger partial charge in [-0.15, -0.1) is 11.3 Å². The maximum absolute atomic E-state index is 13.9. The van der Waals surface area contributed by atoms with E-state index in [1.807, 2.05) is 19.1 Å². The normalized spacial score (nSPS) is 17.2. The van der Waals surface area contributed by atoms with Gasteiger partial charge in [0.15, 0.2) is 5.13 Å². The molecule has 7 nitrogen and oxygen atoms in total. The third-order valence-corrected chi connectivity index (χ3v) is 10.7. The zero-order valence-corrected chi connectivity index (χ0v) is 22.6. The Bertz CT molecular complexity index is 1480. The Labute approximate surface area is 220 Å². The number of rotatable bonds is 6. The third kappa shape index (κ3) is 5.00. The van der Waals surface area contributed by atoms with Crippen molar-refractivity contribution in [2.75, 3.05) is 18.0 Å². The summed E-state index contributed by atoms with van der Waals surface area (Å²) in [6.07, 6.45) is 2.72. The van der Waals surface area contributed by atoms with Crippen molar-refractivity contribution in [3.05, 3.63) is 63.3 Å². The molecule has 1 aromatic carbocycles. The van der Waals surface area contributed by atoms with Gasteiger partial charge < -0.3 is 4.42 Å². The van der Waals surface area contributed by atoms with Gasteiger partial charge in [0.1, 0.15) is 9.97 Å². The van der Waals surface area contributed by atoms with E-state index in [9.17, 15) is 13.2 Å². The Kier molecular flexibility index (Phi) is 6.95. The van der Waals surface area contributed by atoms with Crippen molar-refractivity contribution >= 4 is 77.2 Å². The van der Waals surface area contributed by atoms with Crippen molar-refractivity contribution in [1.29, 1.82) is 0 Å². The average molecular weight is 571 g/mol. The number of fused-ring (bicyclic) bond motifs is 1. The van der Waals surface area contributed by atoms with E-state index in [4.69, 9.17) is 32.6 Å². The molecule has 0 bridgehead atoms. The van der Waals surface area contributed by atoms with Crippen LogP contribution >= 0.6 is 45.9 Å². The van der Waals surface area contributed by atoms with E-state index in [1.165, 1.54) is 21.7 Å². The van der Waals surface area contributed by atoms with E-state index < -0.39 is 15.9 Å². The lowest BCUT2D eigenvalue weighted by molar-refractivity contribution is -0.123. The van der Waals surface area contributed by atoms with Crippen LogP contribution in [0.5, 0.6) is 0 Å². The predicted molar refractivity (Wildman–Crippen MR) is 140 cm³/mol. The molecular formula is C23H21Cl2N3O4S3. The number of aryl methyl sites for hydroxylation is 1. The smallest absolute Gasteiger partial charge is 0.252 e. The number of benzene rings is 1. The summed E-state index contributed by atoms with van der Waals surface area (Å²) in [4.78, 5) is 20.2. The highest BCUT2D eigenvalue weighted by Gasteiger charge is 2.37. The molecule has 0 N–H and O–H groups in total. The topological polar surface area (TPSA) is 83.7 Å². The van der Waals surface area contributed by atoms with Crippen LogP contribution in [0, 0.1) is 12.8 Å². The summed E-state index contributed by atoms with van der Waals surface area (Å²) in [6, 6.07) is 10.3. The molecule has 1 fully saturated rings. The monoisotopic (exact) mass is 569 g/mol. The number of hydrogen-bond donors (Lipinski definition) is 0. The van der Waals surface area contributed by atoms with Crippen molar-refractivity contribution in [2.45, 2.75) is 30.5 Å². The van der Waals surface area contributed by atoms with Crippen LogP contribution < -0.4 is 4.90 Å². The van der Waals surface area contributed by atoms with Gasteiger partial charge in [-0.2, -0.15) is 4.31 Å². The summed E-state index contributed by atoms with van der Waals surface area (Å²) in [6.45, 7) is 2.58. The van der Waals surface area contributed by atoms with Gasteiger partial charge in [-0.25, -0.2) is 13.4 Å². The largest absolute Gasteiger partial charge is 0.467 e. The first kappa shape index (κ1) is 24.7. The summed E-state index contributed by atoms with van der Waals surface area (Å²) < 4.78 is 34.7. The van der Waals surface area contributed by atoms with Crippen LogP contribution in [-0.4, -0.2) is 36.7 Å². The van der Waals surface area contributed by atoms with Crippen molar-refractivity contribution in [2.24, 2.45) is 5.92 Å². The van der Waals surface area contributed by atoms with Crippen molar-refractivity contribution < 1.29 is 17.6 Å². The van der Waals surface area contributed by atoms with Gasteiger partial charge in [0.25, 0.3) is 10.0 Å². The molecule has 12 heteroatoms. The highest BCUT2D eigenvalue weighted by Crippen LogP contribution is 2.36. The van der Waals surface area contributed by atoms with Gasteiger partial charge in [0, 0.05) is 18.1 Å². The fourth-order valence-electron chi connectivity index (χ4n) is 4.20. The van der Waals surface area contributed by atoms with Crippen molar-refractivity contribution in [3.8, 4) is 0 Å². The van der Waals surface area contributed by atoms with Crippen LogP contribution in [0.25, 0.3) is 10.2 Å². The average Bonchev–Trinajstić information content (AvgIpc) is 3.58. The molecule has 1 unspecified atom stereocenters. The number of nitrogens with zero attached hydrogens (tertiary/aromatic N) is 3. The molecule has 1 amide bonds. The highest BCUT2D eigenvalue weighted by atomic mass is 35.5. The Morgan fingerprint density at radius 2 is 2.09 bits per heavy atom. The first-order valence-electron chi connectivity index (χ1n) is 10.9. The molecule has 0 spiro atoms. The lowest BCUT2D eigenvalue weighted by Gasteiger charge is -2.33. The Morgan fingerprint density at radius 3 is 2.80 bits per heavy atom. The zero-order chi connectivity index (χ0) is 24.7. The minimum Gasteiger partial charge on any atom is -0.467 e. The Hall–Kier alpha value is -1.95. The second kappa shape index (κ2) is 9.84. The molecule has 0 saturated carbocycles. The summed E-state index contributed by atoms with van der Waals surface area (Å²) in [7, 11) is -3.73. The molecule has 35 heavy (non-hydrogen) atoms. The highest BCUT2D eigenvalue weighted by molar-refractivity contribution is 7.91. The fraction of sp³-hybridized carbons (Fsp3) is 0.304. The zero-order valence-electron chi connectivity index (χ0n) is 18.6. The molecule has 1 aliphatic heterocycles. The van der Waals surface area contributed by atoms with E-state index in [0.717, 1.165) is 27.1 Å². The summed E-state index contributed by atoms with van der Waals surface area (Å²) in [5, 5.41) is 1.13. The second-order valence-electron chi connectivity index (χ2n) is 8.33. The number of hydrogen-bond acceptors (Lipinski definition) is 7. The van der Waals surface area contributed by atoms with Gasteiger partial charge >= 0.3 is 0 Å². The fourth-order valence-corrected chi connectivity index (χ4v) is 8.79. The number of amides is 1. The van der Waals surface area contributed by atoms with Gasteiger partial charge in [-0.1, -0.05) is 34.5 Å². The van der Waals surface area contributed by atoms with Crippen LogP contribution in [0.3, 0.4) is 0 Å². The van der Waals surface area contributed by atoms with Gasteiger partial charge in [-0.3, -0.25) is 9.69 Å². The van der Waals surface area contributed by atoms with Gasteiger partial charge in [0.05, 0.1) is 33.3 Å². The number of halogens is 2. The van der Waals surface area contributed by atoms with Crippen LogP contribution in [0.4, 0.5) is 5.13 Å². The maximum Gasteiger partial charge on any atom is 0.252 e. The standard InChI is InChI=1S/C23H21Cl2N3O4S3/c1-14-10-16(24)11-18-21(14)26-23(33-18)28(13-17-5-3-9-32-17)22(29)15-4-2-8-27(12-15)35(30,31)20-7-6-19(25)34-20/h3,5-7,9-11,15H,2,4,8,12-13H2,1H3. The molecule has 1 saturated heterocycles. The molecule has 4 heterocycles. The molecule has 1 atom stereocenters. The Morgan fingerprint density at radius 1 is 1.26 bits per heavy atom. The summed E-state index contributed by atoms with van der Waals surface area (Å²) in [5.41, 5.74) is 1.71. The number of aromatic nitrogens is 1. The van der Waals surface area contributed by atoms with Crippen molar-refractivity contribution in [1.82, 2.24) is 9.29 Å². The number of sulfonamides is 1. The first-order valence-corrected chi connectivity index (χ1v) is 14.7. The minimum atomic E-state index is -3.73. The van der Waals surface area contributed by atoms with Gasteiger partial charge in [0.2, 0.25) is 5.91 Å². The van der Waals surface area contributed by atoms with Crippen LogP contribution in [0.15, 0.2) is 51.3 Å². The van der Waals surface area contributed by atoms with Gasteiger partial charge in [-0.05, 0) is 61.7 Å². The summed E-state index contributed by atoms with van der Waals surface area (Å²) >= 11 is 14.6. The van der Waals surface area contributed by atoms with Crippen LogP contribution in [-0.2, 0) is 21.4 Å². The molecule has 1 aliphatic rings. The maximum atomic E-state index is 13.9. The van der Waals surface area contributed by atoms with E-state index in [-0.39, 0.29) is 23.2 Å². The molecular weight excluding hydrogens is 549 g/mol. The molecule has 0 aliphatic carbocycles. The predicted octanol–water partition coefficient (Wildman–Crippen LogP) is 6.20. The lowest BCUT2D eigenvalue weighted by Crippen LogP contribution is -2.46. The van der Waals surface area contributed by atoms with E-state index in [1.54, 1.807) is 29.4 Å². The number of anilines is 1. The number of thiazole rings is 1. The molecule has 184 valence electrons. The summed E-state index contributed by atoms with van der Waals surface area (Å²) in [5.74, 6) is -0.0881. The van der Waals surface area contributed by atoms with E-state index in [0.29, 0.717) is 39.6 Å². The second-order valence-corrected chi connectivity index (χ2v) is 13.7. The van der Waals surface area contributed by atoms with Crippen LogP contribution in [0.1, 0.15) is 24.2 Å². The number of carbonyl (C=O) groups excluding carboxylic acids is 1. The minimum absolute atomic E-state index is 0.0983. The number of furan rings is 1. The van der Waals surface area contributed by atoms with E-state index in [2.05, 4.69) is 0 Å². The molecule has 4 aromatic rings.